The quantitative estimate of drug-likeness (QED) is 0.239. The third-order valence-corrected chi connectivity index (χ3v) is 3.11. The first-order valence-corrected chi connectivity index (χ1v) is 6.02. The maximum absolute atomic E-state index is 11.7. The number of aldehydes is 1. The third-order valence-electron chi connectivity index (χ3n) is 3.11. The highest BCUT2D eigenvalue weighted by Gasteiger charge is 2.15. The highest BCUT2D eigenvalue weighted by Crippen LogP contribution is 2.20. The van der Waals surface area contributed by atoms with Gasteiger partial charge in [-0.15, -0.1) is 0 Å². The SMILES string of the molecule is O=CC(=O)C(=O)c1ccc2nc3ccccc3cc2c1. The molecule has 0 atom stereocenters. The van der Waals surface area contributed by atoms with E-state index in [1.165, 1.54) is 6.07 Å². The van der Waals surface area contributed by atoms with Gasteiger partial charge < -0.3 is 0 Å². The molecule has 0 saturated carbocycles. The lowest BCUT2D eigenvalue weighted by Gasteiger charge is -2.03. The molecule has 0 bridgehead atoms. The molecule has 0 spiro atoms. The lowest BCUT2D eigenvalue weighted by Crippen LogP contribution is -2.14. The van der Waals surface area contributed by atoms with Crippen LogP contribution in [0.25, 0.3) is 21.8 Å². The van der Waals surface area contributed by atoms with Crippen LogP contribution in [0.3, 0.4) is 0 Å². The van der Waals surface area contributed by atoms with Crippen LogP contribution in [0.15, 0.2) is 48.5 Å². The summed E-state index contributed by atoms with van der Waals surface area (Å²) in [6, 6.07) is 14.3. The van der Waals surface area contributed by atoms with Crippen molar-refractivity contribution in [3.63, 3.8) is 0 Å². The van der Waals surface area contributed by atoms with Crippen molar-refractivity contribution in [1.82, 2.24) is 4.98 Å². The molecule has 0 fully saturated rings. The number of rotatable bonds is 3. The van der Waals surface area contributed by atoms with Gasteiger partial charge in [-0.25, -0.2) is 4.98 Å². The van der Waals surface area contributed by atoms with Crippen molar-refractivity contribution in [2.24, 2.45) is 0 Å². The average Bonchev–Trinajstić information content (AvgIpc) is 2.50. The normalized spacial score (nSPS) is 10.6. The Hall–Kier alpha value is -2.88. The van der Waals surface area contributed by atoms with Gasteiger partial charge >= 0.3 is 0 Å². The summed E-state index contributed by atoms with van der Waals surface area (Å²) in [4.78, 5) is 37.7. The maximum atomic E-state index is 11.7. The van der Waals surface area contributed by atoms with Crippen molar-refractivity contribution in [1.29, 1.82) is 0 Å². The van der Waals surface area contributed by atoms with Crippen LogP contribution in [0.5, 0.6) is 0 Å². The summed E-state index contributed by atoms with van der Waals surface area (Å²) in [5.41, 5.74) is 1.80. The minimum Gasteiger partial charge on any atom is -0.294 e. The van der Waals surface area contributed by atoms with Crippen LogP contribution in [0.2, 0.25) is 0 Å². The first kappa shape index (κ1) is 12.2. The predicted octanol–water partition coefficient (Wildman–Crippen LogP) is 2.34. The Morgan fingerprint density at radius 2 is 1.65 bits per heavy atom. The summed E-state index contributed by atoms with van der Waals surface area (Å²) < 4.78 is 0. The van der Waals surface area contributed by atoms with E-state index in [4.69, 9.17) is 0 Å². The van der Waals surface area contributed by atoms with Gasteiger partial charge in [0.2, 0.25) is 5.78 Å². The Balaban J connectivity index is 2.20. The van der Waals surface area contributed by atoms with Crippen molar-refractivity contribution in [2.45, 2.75) is 0 Å². The Morgan fingerprint density at radius 3 is 2.45 bits per heavy atom. The second kappa shape index (κ2) is 4.66. The van der Waals surface area contributed by atoms with Crippen molar-refractivity contribution in [3.05, 3.63) is 54.1 Å². The summed E-state index contributed by atoms with van der Waals surface area (Å²) in [5.74, 6) is -1.84. The molecule has 0 amide bonds. The molecule has 0 saturated heterocycles. The summed E-state index contributed by atoms with van der Waals surface area (Å²) >= 11 is 0. The number of nitrogens with zero attached hydrogens (tertiary/aromatic N) is 1. The van der Waals surface area contributed by atoms with E-state index < -0.39 is 11.6 Å². The van der Waals surface area contributed by atoms with E-state index in [0.29, 0.717) is 0 Å². The molecular weight excluding hydrogens is 254 g/mol. The van der Waals surface area contributed by atoms with E-state index in [9.17, 15) is 14.4 Å². The van der Waals surface area contributed by atoms with E-state index in [1.54, 1.807) is 12.1 Å². The standard InChI is InChI=1S/C16H9NO3/c18-9-15(19)16(20)11-5-6-14-12(8-11)7-10-3-1-2-4-13(10)17-14/h1-9H. The van der Waals surface area contributed by atoms with Gasteiger partial charge in [-0.3, -0.25) is 14.4 Å². The number of pyridine rings is 1. The highest BCUT2D eigenvalue weighted by molar-refractivity contribution is 6.61. The van der Waals surface area contributed by atoms with Gasteiger partial charge in [0, 0.05) is 16.3 Å². The molecule has 0 N–H and O–H groups in total. The molecule has 0 aliphatic carbocycles. The molecule has 0 aliphatic rings. The van der Waals surface area contributed by atoms with Crippen LogP contribution in [-0.4, -0.2) is 22.8 Å². The molecule has 3 aromatic rings. The average molecular weight is 263 g/mol. The second-order valence-corrected chi connectivity index (χ2v) is 4.40. The molecular formula is C16H9NO3. The van der Waals surface area contributed by atoms with Gasteiger partial charge in [0.1, 0.15) is 0 Å². The van der Waals surface area contributed by atoms with E-state index in [1.807, 2.05) is 30.3 Å². The molecule has 96 valence electrons. The van der Waals surface area contributed by atoms with Crippen molar-refractivity contribution < 1.29 is 14.4 Å². The van der Waals surface area contributed by atoms with Crippen LogP contribution in [0.4, 0.5) is 0 Å². The van der Waals surface area contributed by atoms with Crippen LogP contribution in [0.1, 0.15) is 10.4 Å². The number of ketones is 2. The van der Waals surface area contributed by atoms with Crippen LogP contribution in [-0.2, 0) is 9.59 Å². The van der Waals surface area contributed by atoms with Gasteiger partial charge in [0.25, 0.3) is 5.78 Å². The van der Waals surface area contributed by atoms with Crippen LogP contribution >= 0.6 is 0 Å². The summed E-state index contributed by atoms with van der Waals surface area (Å²) in [7, 11) is 0. The van der Waals surface area contributed by atoms with Gasteiger partial charge in [-0.2, -0.15) is 0 Å². The van der Waals surface area contributed by atoms with Crippen molar-refractivity contribution in [2.75, 3.05) is 0 Å². The number of carbonyl (C=O) groups is 3. The second-order valence-electron chi connectivity index (χ2n) is 4.40. The van der Waals surface area contributed by atoms with Crippen molar-refractivity contribution in [3.8, 4) is 0 Å². The number of hydrogen-bond donors (Lipinski definition) is 0. The minimum absolute atomic E-state index is 0.0329. The zero-order valence-electron chi connectivity index (χ0n) is 10.4. The monoisotopic (exact) mass is 263 g/mol. The first-order chi connectivity index (χ1) is 9.69. The number of Topliss-reactive ketones (excluding diaryl/α,β-unsaturated/α-hetero) is 2. The fraction of sp³-hybridized carbons (Fsp3) is 0. The van der Waals surface area contributed by atoms with Crippen LogP contribution in [0, 0.1) is 0 Å². The van der Waals surface area contributed by atoms with Crippen molar-refractivity contribution >= 4 is 39.7 Å². The minimum atomic E-state index is -1.04. The fourth-order valence-electron chi connectivity index (χ4n) is 2.12. The highest BCUT2D eigenvalue weighted by atomic mass is 16.2. The zero-order chi connectivity index (χ0) is 14.1. The first-order valence-electron chi connectivity index (χ1n) is 6.02. The van der Waals surface area contributed by atoms with Gasteiger partial charge in [-0.05, 0) is 30.3 Å². The molecule has 0 aliphatic heterocycles. The number of para-hydroxylation sites is 1. The molecule has 4 heteroatoms. The fourth-order valence-corrected chi connectivity index (χ4v) is 2.12. The van der Waals surface area contributed by atoms with E-state index >= 15 is 0 Å². The molecule has 2 aromatic carbocycles. The Morgan fingerprint density at radius 1 is 0.900 bits per heavy atom. The molecule has 1 aromatic heterocycles. The topological polar surface area (TPSA) is 64.1 Å². The number of carbonyl (C=O) groups excluding carboxylic acids is 3. The molecule has 0 unspecified atom stereocenters. The van der Waals surface area contributed by atoms with E-state index in [-0.39, 0.29) is 11.8 Å². The summed E-state index contributed by atoms with van der Waals surface area (Å²) in [6.07, 6.45) is 0.0329. The molecule has 20 heavy (non-hydrogen) atoms. The van der Waals surface area contributed by atoms with Gasteiger partial charge in [0.15, 0.2) is 6.29 Å². The summed E-state index contributed by atoms with van der Waals surface area (Å²) in [5, 5.41) is 1.71. The van der Waals surface area contributed by atoms with Crippen LogP contribution < -0.4 is 0 Å². The lowest BCUT2D eigenvalue weighted by atomic mass is 10.0. The Labute approximate surface area is 114 Å². The van der Waals surface area contributed by atoms with Gasteiger partial charge in [0.05, 0.1) is 11.0 Å². The number of benzene rings is 2. The predicted molar refractivity (Wildman–Crippen MR) is 74.7 cm³/mol. The number of fused-ring (bicyclic) bond motifs is 2. The molecule has 3 rings (SSSR count). The molecule has 4 nitrogen and oxygen atoms in total. The zero-order valence-corrected chi connectivity index (χ0v) is 10.4. The molecule has 1 heterocycles. The number of aromatic nitrogens is 1. The largest absolute Gasteiger partial charge is 0.294 e. The number of hydrogen-bond acceptors (Lipinski definition) is 4. The summed E-state index contributed by atoms with van der Waals surface area (Å²) in [6.45, 7) is 0. The van der Waals surface area contributed by atoms with Gasteiger partial charge in [-0.1, -0.05) is 18.2 Å². The Bertz CT molecular complexity index is 868. The van der Waals surface area contributed by atoms with E-state index in [0.717, 1.165) is 21.8 Å². The Kier molecular flexibility index (Phi) is 2.84. The smallest absolute Gasteiger partial charge is 0.265 e. The lowest BCUT2D eigenvalue weighted by molar-refractivity contribution is -0.126. The maximum Gasteiger partial charge on any atom is 0.265 e. The third kappa shape index (κ3) is 1.97. The van der Waals surface area contributed by atoms with E-state index in [2.05, 4.69) is 4.98 Å². The molecule has 0 radical (unpaired) electrons.